The lowest BCUT2D eigenvalue weighted by Crippen LogP contribution is -2.35. The van der Waals surface area contributed by atoms with E-state index in [-0.39, 0.29) is 0 Å². The van der Waals surface area contributed by atoms with Gasteiger partial charge in [-0.15, -0.1) is 0 Å². The van der Waals surface area contributed by atoms with Crippen molar-refractivity contribution in [1.29, 1.82) is 0 Å². The minimum atomic E-state index is -5.49. The van der Waals surface area contributed by atoms with Crippen LogP contribution in [0.2, 0.25) is 0 Å². The van der Waals surface area contributed by atoms with Crippen molar-refractivity contribution in [2.75, 3.05) is 0 Å². The molecule has 0 spiro atoms. The third-order valence-corrected chi connectivity index (χ3v) is 0.762. The Morgan fingerprint density at radius 3 is 1.60 bits per heavy atom. The maximum absolute atomic E-state index is 11.7. The van der Waals surface area contributed by atoms with Crippen molar-refractivity contribution in [3.05, 3.63) is 12.7 Å². The molecule has 0 unspecified atom stereocenters. The molecule has 0 aromatic rings. The van der Waals surface area contributed by atoms with Crippen LogP contribution < -0.4 is 0 Å². The summed E-state index contributed by atoms with van der Waals surface area (Å²) in [5, 5.41) is 0. The fraction of sp³-hybridized carbons (Fsp3) is 0.600. The number of hydrogen-bond donors (Lipinski definition) is 0. The highest BCUT2D eigenvalue weighted by Crippen LogP contribution is 2.37. The molecule has 59 valence electrons. The van der Waals surface area contributed by atoms with Crippen molar-refractivity contribution < 1.29 is 22.0 Å². The standard InChI is InChI=1S/C5H4F5/c1-2-3-4(6,7)5(8,9)10/h1,3H2. The molecular formula is C5H4F5. The fourth-order valence-corrected chi connectivity index (χ4v) is 0.257. The third kappa shape index (κ3) is 1.97. The van der Waals surface area contributed by atoms with Crippen LogP contribution >= 0.6 is 0 Å². The normalized spacial score (nSPS) is 13.3. The molecule has 0 rings (SSSR count). The molecule has 0 aliphatic rings. The molecule has 1 radical (unpaired) electrons. The molecule has 0 aromatic carbocycles. The minimum absolute atomic E-state index is 1.49. The van der Waals surface area contributed by atoms with Gasteiger partial charge in [-0.1, -0.05) is 6.58 Å². The summed E-state index contributed by atoms with van der Waals surface area (Å²) < 4.78 is 57.0. The van der Waals surface area contributed by atoms with E-state index in [0.717, 1.165) is 0 Å². The molecule has 10 heavy (non-hydrogen) atoms. The molecule has 0 saturated heterocycles. The highest BCUT2D eigenvalue weighted by atomic mass is 19.4. The molecule has 0 nitrogen and oxygen atoms in total. The predicted octanol–water partition coefficient (Wildman–Crippen LogP) is 2.56. The molecule has 0 fully saturated rings. The molecule has 0 amide bonds. The zero-order valence-electron chi connectivity index (χ0n) is 4.80. The number of hydrogen-bond acceptors (Lipinski definition) is 0. The van der Waals surface area contributed by atoms with Crippen molar-refractivity contribution in [1.82, 2.24) is 0 Å². The van der Waals surface area contributed by atoms with Crippen molar-refractivity contribution in [2.24, 2.45) is 0 Å². The largest absolute Gasteiger partial charge is 0.453 e. The van der Waals surface area contributed by atoms with Gasteiger partial charge in [-0.25, -0.2) is 0 Å². The Kier molecular flexibility index (Phi) is 2.40. The molecule has 5 heteroatoms. The highest BCUT2D eigenvalue weighted by molar-refractivity contribution is 4.79. The Balaban J connectivity index is 4.23. The van der Waals surface area contributed by atoms with Gasteiger partial charge in [0.1, 0.15) is 0 Å². The van der Waals surface area contributed by atoms with Crippen LogP contribution in [0.25, 0.3) is 0 Å². The van der Waals surface area contributed by atoms with Crippen molar-refractivity contribution in [3.8, 4) is 0 Å². The SMILES string of the molecule is C=[C]CC(F)(F)C(F)(F)F. The van der Waals surface area contributed by atoms with Crippen LogP contribution in [0.3, 0.4) is 0 Å². The Hall–Kier alpha value is -0.610. The van der Waals surface area contributed by atoms with E-state index in [2.05, 4.69) is 6.58 Å². The van der Waals surface area contributed by atoms with Gasteiger partial charge in [0.25, 0.3) is 0 Å². The number of allylic oxidation sites excluding steroid dienone is 1. The summed E-state index contributed by atoms with van der Waals surface area (Å²) in [5.41, 5.74) is 0. The van der Waals surface area contributed by atoms with E-state index in [4.69, 9.17) is 0 Å². The Labute approximate surface area is 54.3 Å². The lowest BCUT2D eigenvalue weighted by Gasteiger charge is -2.16. The van der Waals surface area contributed by atoms with Crippen molar-refractivity contribution in [2.45, 2.75) is 18.5 Å². The maximum Gasteiger partial charge on any atom is 0.453 e. The van der Waals surface area contributed by atoms with Gasteiger partial charge in [-0.05, 0) is 6.08 Å². The van der Waals surface area contributed by atoms with E-state index in [1.807, 2.05) is 0 Å². The molecule has 0 atom stereocenters. The lowest BCUT2D eigenvalue weighted by atomic mass is 10.2. The average Bonchev–Trinajstić information content (AvgIpc) is 1.61. The van der Waals surface area contributed by atoms with Gasteiger partial charge in [0.2, 0.25) is 0 Å². The van der Waals surface area contributed by atoms with Crippen LogP contribution in [-0.4, -0.2) is 12.1 Å². The molecular weight excluding hydrogens is 155 g/mol. The van der Waals surface area contributed by atoms with Crippen LogP contribution in [0.1, 0.15) is 6.42 Å². The molecule has 0 saturated carbocycles. The highest BCUT2D eigenvalue weighted by Gasteiger charge is 2.56. The molecule has 0 heterocycles. The van der Waals surface area contributed by atoms with Crippen LogP contribution in [0.5, 0.6) is 0 Å². The Morgan fingerprint density at radius 2 is 1.50 bits per heavy atom. The quantitative estimate of drug-likeness (QED) is 0.543. The van der Waals surface area contributed by atoms with Crippen LogP contribution in [-0.2, 0) is 0 Å². The number of halogens is 5. The van der Waals surface area contributed by atoms with E-state index in [1.165, 1.54) is 6.08 Å². The summed E-state index contributed by atoms with van der Waals surface area (Å²) >= 11 is 0. The summed E-state index contributed by atoms with van der Waals surface area (Å²) in [7, 11) is 0. The zero-order valence-corrected chi connectivity index (χ0v) is 4.80. The van der Waals surface area contributed by atoms with Crippen molar-refractivity contribution in [3.63, 3.8) is 0 Å². The second-order valence-corrected chi connectivity index (χ2v) is 1.63. The molecule has 0 aromatic heterocycles. The van der Waals surface area contributed by atoms with Gasteiger partial charge in [0.05, 0.1) is 0 Å². The summed E-state index contributed by atoms with van der Waals surface area (Å²) in [4.78, 5) is 0. The summed E-state index contributed by atoms with van der Waals surface area (Å²) in [6, 6.07) is 0. The smallest absolute Gasteiger partial charge is 0.196 e. The first-order valence-electron chi connectivity index (χ1n) is 2.26. The topological polar surface area (TPSA) is 0 Å². The fourth-order valence-electron chi connectivity index (χ4n) is 0.257. The van der Waals surface area contributed by atoms with Crippen LogP contribution in [0.15, 0.2) is 6.58 Å². The lowest BCUT2D eigenvalue weighted by molar-refractivity contribution is -0.280. The summed E-state index contributed by atoms with van der Waals surface area (Å²) in [6.07, 6.45) is -5.48. The first-order chi connectivity index (χ1) is 4.31. The molecule has 0 aliphatic heterocycles. The molecule has 0 N–H and O–H groups in total. The van der Waals surface area contributed by atoms with Gasteiger partial charge in [-0.3, -0.25) is 0 Å². The first-order valence-corrected chi connectivity index (χ1v) is 2.26. The molecule has 0 bridgehead atoms. The van der Waals surface area contributed by atoms with Crippen molar-refractivity contribution >= 4 is 0 Å². The summed E-state index contributed by atoms with van der Waals surface area (Å²) in [5.74, 6) is -4.69. The Morgan fingerprint density at radius 1 is 1.10 bits per heavy atom. The maximum atomic E-state index is 11.7. The molecule has 0 aliphatic carbocycles. The van der Waals surface area contributed by atoms with Gasteiger partial charge >= 0.3 is 12.1 Å². The minimum Gasteiger partial charge on any atom is -0.196 e. The summed E-state index contributed by atoms with van der Waals surface area (Å²) in [6.45, 7) is 2.65. The monoisotopic (exact) mass is 159 g/mol. The second kappa shape index (κ2) is 2.56. The van der Waals surface area contributed by atoms with Gasteiger partial charge in [-0.2, -0.15) is 22.0 Å². The van der Waals surface area contributed by atoms with Gasteiger partial charge in [0, 0.05) is 6.42 Å². The van der Waals surface area contributed by atoms with Crippen LogP contribution in [0, 0.1) is 6.08 Å². The third-order valence-electron chi connectivity index (χ3n) is 0.762. The van der Waals surface area contributed by atoms with E-state index in [9.17, 15) is 22.0 Å². The predicted molar refractivity (Wildman–Crippen MR) is 24.5 cm³/mol. The average molecular weight is 159 g/mol. The van der Waals surface area contributed by atoms with Gasteiger partial charge < -0.3 is 0 Å². The zero-order chi connectivity index (χ0) is 8.41. The van der Waals surface area contributed by atoms with E-state index in [0.29, 0.717) is 0 Å². The van der Waals surface area contributed by atoms with Crippen LogP contribution in [0.4, 0.5) is 22.0 Å². The Bertz CT molecular complexity index is 122. The van der Waals surface area contributed by atoms with E-state index < -0.39 is 18.5 Å². The van der Waals surface area contributed by atoms with E-state index in [1.54, 1.807) is 0 Å². The number of rotatable bonds is 2. The number of alkyl halides is 5. The van der Waals surface area contributed by atoms with Gasteiger partial charge in [0.15, 0.2) is 0 Å². The first kappa shape index (κ1) is 9.39. The second-order valence-electron chi connectivity index (χ2n) is 1.63. The van der Waals surface area contributed by atoms with E-state index >= 15 is 0 Å².